The van der Waals surface area contributed by atoms with Crippen LogP contribution in [0.15, 0.2) is 48.5 Å². The number of hydrogen-bond acceptors (Lipinski definition) is 5. The summed E-state index contributed by atoms with van der Waals surface area (Å²) in [5.74, 6) is 0.452. The molecule has 194 valence electrons. The van der Waals surface area contributed by atoms with Crippen LogP contribution in [0.4, 0.5) is 0 Å². The van der Waals surface area contributed by atoms with E-state index < -0.39 is 6.10 Å². The molecule has 0 fully saturated rings. The molecule has 2 heterocycles. The molecule has 0 bridgehead atoms. The molecule has 0 saturated carbocycles. The van der Waals surface area contributed by atoms with Crippen molar-refractivity contribution in [1.82, 2.24) is 19.6 Å². The van der Waals surface area contributed by atoms with Gasteiger partial charge in [-0.15, -0.1) is 0 Å². The Bertz CT molecular complexity index is 1130. The van der Waals surface area contributed by atoms with Gasteiger partial charge in [-0.05, 0) is 54.9 Å². The topological polar surface area (TPSA) is 53.8 Å². The van der Waals surface area contributed by atoms with E-state index >= 15 is 0 Å². The van der Waals surface area contributed by atoms with Gasteiger partial charge in [-0.3, -0.25) is 9.80 Å². The maximum absolute atomic E-state index is 10.5. The molecule has 0 amide bonds. The first-order chi connectivity index (χ1) is 17.3. The highest BCUT2D eigenvalue weighted by molar-refractivity contribution is 6.30. The first-order valence-corrected chi connectivity index (χ1v) is 13.3. The third-order valence-electron chi connectivity index (χ3n) is 6.29. The molecular formula is C28H36Cl2N4O2. The Hall–Kier alpha value is -1.93. The Balaban J connectivity index is 1.52. The van der Waals surface area contributed by atoms with E-state index in [0.717, 1.165) is 42.5 Å². The molecule has 1 aliphatic rings. The summed E-state index contributed by atoms with van der Waals surface area (Å²) in [6.45, 7) is 8.98. The lowest BCUT2D eigenvalue weighted by Crippen LogP contribution is -2.33. The van der Waals surface area contributed by atoms with Gasteiger partial charge in [0.1, 0.15) is 0 Å². The number of aliphatic hydroxyl groups is 1. The van der Waals surface area contributed by atoms with Crippen LogP contribution in [0.25, 0.3) is 5.69 Å². The summed E-state index contributed by atoms with van der Waals surface area (Å²) in [7, 11) is 2.02. The number of fused-ring (bicyclic) bond motifs is 1. The fourth-order valence-corrected chi connectivity index (χ4v) is 5.00. The molecule has 0 spiro atoms. The zero-order chi connectivity index (χ0) is 25.7. The van der Waals surface area contributed by atoms with Gasteiger partial charge in [0, 0.05) is 61.4 Å². The van der Waals surface area contributed by atoms with Crippen LogP contribution in [-0.2, 0) is 30.8 Å². The lowest BCUT2D eigenvalue weighted by atomic mass is 10.0. The highest BCUT2D eigenvalue weighted by Crippen LogP contribution is 2.28. The quantitative estimate of drug-likeness (QED) is 0.369. The van der Waals surface area contributed by atoms with Gasteiger partial charge in [0.2, 0.25) is 0 Å². The smallest absolute Gasteiger partial charge is 0.0900 e. The van der Waals surface area contributed by atoms with Crippen molar-refractivity contribution >= 4 is 23.2 Å². The summed E-state index contributed by atoms with van der Waals surface area (Å²) in [4.78, 5) is 4.56. The predicted octanol–water partition coefficient (Wildman–Crippen LogP) is 5.20. The maximum atomic E-state index is 10.5. The first-order valence-electron chi connectivity index (χ1n) is 12.5. The van der Waals surface area contributed by atoms with E-state index in [-0.39, 0.29) is 0 Å². The summed E-state index contributed by atoms with van der Waals surface area (Å²) >= 11 is 12.4. The van der Waals surface area contributed by atoms with E-state index in [2.05, 4.69) is 34.4 Å². The zero-order valence-corrected chi connectivity index (χ0v) is 22.8. The highest BCUT2D eigenvalue weighted by atomic mass is 35.5. The lowest BCUT2D eigenvalue weighted by Gasteiger charge is -2.28. The minimum atomic E-state index is -0.540. The van der Waals surface area contributed by atoms with Crippen LogP contribution >= 0.6 is 23.2 Å². The average molecular weight is 532 g/mol. The molecule has 0 radical (unpaired) electrons. The summed E-state index contributed by atoms with van der Waals surface area (Å²) in [5.41, 5.74) is 5.75. The fraction of sp³-hybridized carbons (Fsp3) is 0.464. The second-order valence-corrected chi connectivity index (χ2v) is 11.0. The van der Waals surface area contributed by atoms with Crippen LogP contribution in [0.3, 0.4) is 0 Å². The van der Waals surface area contributed by atoms with Crippen LogP contribution in [0.5, 0.6) is 0 Å². The molecule has 6 nitrogen and oxygen atoms in total. The normalized spacial score (nSPS) is 15.0. The Morgan fingerprint density at radius 1 is 1.08 bits per heavy atom. The molecular weight excluding hydrogens is 495 g/mol. The number of aromatic nitrogens is 2. The molecule has 0 saturated heterocycles. The number of nitrogens with zero attached hydrogens (tertiary/aromatic N) is 4. The van der Waals surface area contributed by atoms with Gasteiger partial charge in [-0.25, -0.2) is 4.68 Å². The standard InChI is InChI=1S/C28H36Cl2N4O2/c1-20(2)18-36-19-25(35)15-32(3)17-27-26-16-33(14-21-5-4-6-23(30)13-21)12-11-28(26)34(31-27)24-9-7-22(29)8-10-24/h4-10,13,20,25,35H,11-12,14-19H2,1-3H3. The van der Waals surface area contributed by atoms with Crippen LogP contribution in [0, 0.1) is 5.92 Å². The summed E-state index contributed by atoms with van der Waals surface area (Å²) in [5, 5.41) is 17.0. The minimum absolute atomic E-state index is 0.341. The molecule has 36 heavy (non-hydrogen) atoms. The van der Waals surface area contributed by atoms with Gasteiger partial charge < -0.3 is 9.84 Å². The summed E-state index contributed by atoms with van der Waals surface area (Å²) < 4.78 is 7.69. The number of halogens is 2. The van der Waals surface area contributed by atoms with Crippen LogP contribution in [0.2, 0.25) is 10.0 Å². The summed E-state index contributed by atoms with van der Waals surface area (Å²) in [6, 6.07) is 15.9. The molecule has 0 aliphatic carbocycles. The lowest BCUT2D eigenvalue weighted by molar-refractivity contribution is 0.0106. The number of rotatable bonds is 11. The zero-order valence-electron chi connectivity index (χ0n) is 21.3. The second kappa shape index (κ2) is 12.5. The number of ether oxygens (including phenoxy) is 1. The van der Waals surface area contributed by atoms with Crippen molar-refractivity contribution in [2.24, 2.45) is 5.92 Å². The van der Waals surface area contributed by atoms with E-state index in [4.69, 9.17) is 33.0 Å². The molecule has 2 aromatic carbocycles. The van der Waals surface area contributed by atoms with Crippen molar-refractivity contribution < 1.29 is 9.84 Å². The Morgan fingerprint density at radius 2 is 1.86 bits per heavy atom. The highest BCUT2D eigenvalue weighted by Gasteiger charge is 2.26. The summed E-state index contributed by atoms with van der Waals surface area (Å²) in [6.07, 6.45) is 0.364. The minimum Gasteiger partial charge on any atom is -0.389 e. The van der Waals surface area contributed by atoms with E-state index in [1.54, 1.807) is 0 Å². The first kappa shape index (κ1) is 27.1. The SMILES string of the molecule is CC(C)COCC(O)CN(C)Cc1nn(-c2ccc(Cl)cc2)c2c1CN(Cc1cccc(Cl)c1)CC2. The van der Waals surface area contributed by atoms with E-state index in [9.17, 15) is 5.11 Å². The number of hydrogen-bond donors (Lipinski definition) is 1. The monoisotopic (exact) mass is 530 g/mol. The molecule has 3 aromatic rings. The van der Waals surface area contributed by atoms with Gasteiger partial charge in [0.25, 0.3) is 0 Å². The molecule has 1 aromatic heterocycles. The Kier molecular flexibility index (Phi) is 9.45. The van der Waals surface area contributed by atoms with Gasteiger partial charge in [-0.1, -0.05) is 49.2 Å². The molecule has 1 atom stereocenters. The van der Waals surface area contributed by atoms with Crippen molar-refractivity contribution in [2.75, 3.05) is 33.4 Å². The predicted molar refractivity (Wildman–Crippen MR) is 146 cm³/mol. The van der Waals surface area contributed by atoms with Gasteiger partial charge in [0.05, 0.1) is 29.8 Å². The van der Waals surface area contributed by atoms with Crippen molar-refractivity contribution in [3.8, 4) is 5.69 Å². The van der Waals surface area contributed by atoms with Crippen molar-refractivity contribution in [1.29, 1.82) is 0 Å². The van der Waals surface area contributed by atoms with Crippen LogP contribution in [-0.4, -0.2) is 64.1 Å². The van der Waals surface area contributed by atoms with Crippen LogP contribution < -0.4 is 0 Å². The number of benzene rings is 2. The van der Waals surface area contributed by atoms with Gasteiger partial charge >= 0.3 is 0 Å². The molecule has 8 heteroatoms. The second-order valence-electron chi connectivity index (χ2n) is 10.1. The Labute approximate surface area is 224 Å². The number of aliphatic hydroxyl groups excluding tert-OH is 1. The molecule has 1 N–H and O–H groups in total. The Morgan fingerprint density at radius 3 is 2.58 bits per heavy atom. The largest absolute Gasteiger partial charge is 0.389 e. The van der Waals surface area contributed by atoms with Crippen molar-refractivity contribution in [2.45, 2.75) is 46.0 Å². The van der Waals surface area contributed by atoms with E-state index in [1.807, 2.05) is 49.5 Å². The number of likely N-dealkylation sites (N-methyl/N-ethyl adjacent to an activating group) is 1. The molecule has 4 rings (SSSR count). The van der Waals surface area contributed by atoms with Crippen molar-refractivity contribution in [3.63, 3.8) is 0 Å². The fourth-order valence-electron chi connectivity index (χ4n) is 4.67. The van der Waals surface area contributed by atoms with Gasteiger partial charge in [-0.2, -0.15) is 5.10 Å². The third-order valence-corrected chi connectivity index (χ3v) is 6.78. The van der Waals surface area contributed by atoms with E-state index in [0.29, 0.717) is 37.2 Å². The van der Waals surface area contributed by atoms with Crippen LogP contribution in [0.1, 0.15) is 36.4 Å². The van der Waals surface area contributed by atoms with E-state index in [1.165, 1.54) is 16.8 Å². The van der Waals surface area contributed by atoms with Crippen molar-refractivity contribution in [3.05, 3.63) is 81.1 Å². The maximum Gasteiger partial charge on any atom is 0.0900 e. The van der Waals surface area contributed by atoms with Gasteiger partial charge in [0.15, 0.2) is 0 Å². The molecule has 1 aliphatic heterocycles. The average Bonchev–Trinajstić information content (AvgIpc) is 3.16. The molecule has 1 unspecified atom stereocenters. The third kappa shape index (κ3) is 7.31.